The fourth-order valence-corrected chi connectivity index (χ4v) is 3.21. The number of rotatable bonds is 7. The van der Waals surface area contributed by atoms with E-state index in [9.17, 15) is 4.79 Å². The monoisotopic (exact) mass is 406 g/mol. The molecule has 0 atom stereocenters. The van der Waals surface area contributed by atoms with Gasteiger partial charge in [-0.05, 0) is 30.3 Å². The molecule has 1 amide bonds. The number of carbonyl (C=O) groups excluding carboxylic acids is 1. The van der Waals surface area contributed by atoms with Crippen LogP contribution in [0.1, 0.15) is 16.2 Å². The van der Waals surface area contributed by atoms with Gasteiger partial charge in [0.1, 0.15) is 17.2 Å². The molecular weight excluding hydrogens is 384 g/mol. The Morgan fingerprint density at radius 1 is 1.13 bits per heavy atom. The quantitative estimate of drug-likeness (QED) is 0.504. The molecule has 0 aliphatic rings. The number of H-pyrrole nitrogens is 1. The summed E-state index contributed by atoms with van der Waals surface area (Å²) in [5, 5.41) is 5.06. The molecule has 4 aromatic rings. The number of nitrogens with one attached hydrogen (secondary N) is 1. The first-order chi connectivity index (χ1) is 14.6. The summed E-state index contributed by atoms with van der Waals surface area (Å²) >= 11 is 0. The first-order valence-corrected chi connectivity index (χ1v) is 9.47. The number of carbonyl (C=O) groups is 1. The second-order valence-corrected chi connectivity index (χ2v) is 6.83. The minimum atomic E-state index is -0.124. The Bertz CT molecular complexity index is 1180. The maximum absolute atomic E-state index is 12.7. The molecule has 30 heavy (non-hydrogen) atoms. The molecular formula is C22H22N4O4. The number of aromatic nitrogens is 3. The lowest BCUT2D eigenvalue weighted by Crippen LogP contribution is -2.29. The molecule has 0 spiro atoms. The van der Waals surface area contributed by atoms with Crippen molar-refractivity contribution in [1.29, 1.82) is 0 Å². The minimum Gasteiger partial charge on any atom is -0.497 e. The predicted molar refractivity (Wildman–Crippen MR) is 112 cm³/mol. The lowest BCUT2D eigenvalue weighted by atomic mass is 10.1. The molecule has 1 N–H and O–H groups in total. The Labute approximate surface area is 173 Å². The Kier molecular flexibility index (Phi) is 5.38. The van der Waals surface area contributed by atoms with Crippen LogP contribution >= 0.6 is 0 Å². The molecule has 0 saturated carbocycles. The number of ether oxygens (including phenoxy) is 2. The molecule has 8 nitrogen and oxygen atoms in total. The van der Waals surface area contributed by atoms with Gasteiger partial charge in [-0.15, -0.1) is 0 Å². The molecule has 0 saturated heterocycles. The maximum atomic E-state index is 12.7. The molecule has 2 aromatic carbocycles. The number of likely N-dealkylation sites (N-methyl/N-ethyl adjacent to an activating group) is 1. The van der Waals surface area contributed by atoms with E-state index in [-0.39, 0.29) is 5.91 Å². The summed E-state index contributed by atoms with van der Waals surface area (Å²) in [6, 6.07) is 14.9. The third-order valence-corrected chi connectivity index (χ3v) is 4.88. The Balaban J connectivity index is 1.44. The van der Waals surface area contributed by atoms with Crippen molar-refractivity contribution in [3.05, 3.63) is 59.9 Å². The Hall–Kier alpha value is -3.81. The lowest BCUT2D eigenvalue weighted by molar-refractivity contribution is 0.0792. The topological polar surface area (TPSA) is 93.5 Å². The first kappa shape index (κ1) is 19.5. The number of nitrogens with zero attached hydrogens (tertiary/aromatic N) is 3. The van der Waals surface area contributed by atoms with Crippen LogP contribution in [0, 0.1) is 0 Å². The van der Waals surface area contributed by atoms with Gasteiger partial charge < -0.3 is 23.9 Å². The van der Waals surface area contributed by atoms with E-state index in [4.69, 9.17) is 14.0 Å². The molecule has 0 aliphatic carbocycles. The lowest BCUT2D eigenvalue weighted by Gasteiger charge is -2.17. The van der Waals surface area contributed by atoms with Crippen molar-refractivity contribution in [2.75, 3.05) is 27.8 Å². The van der Waals surface area contributed by atoms with E-state index in [1.807, 2.05) is 36.4 Å². The van der Waals surface area contributed by atoms with Gasteiger partial charge in [-0.3, -0.25) is 4.79 Å². The summed E-state index contributed by atoms with van der Waals surface area (Å²) in [5.41, 5.74) is 2.17. The molecule has 0 bridgehead atoms. The van der Waals surface area contributed by atoms with E-state index in [1.165, 1.54) is 0 Å². The van der Waals surface area contributed by atoms with Gasteiger partial charge in [0.25, 0.3) is 11.8 Å². The molecule has 0 unspecified atom stereocenters. The fourth-order valence-electron chi connectivity index (χ4n) is 3.21. The summed E-state index contributed by atoms with van der Waals surface area (Å²) in [5.74, 6) is 2.12. The molecule has 2 aromatic heterocycles. The van der Waals surface area contributed by atoms with Crippen molar-refractivity contribution in [3.8, 4) is 23.1 Å². The van der Waals surface area contributed by atoms with Crippen LogP contribution in [0.3, 0.4) is 0 Å². The molecule has 8 heteroatoms. The van der Waals surface area contributed by atoms with Gasteiger partial charge in [0, 0.05) is 37.0 Å². The molecule has 0 fully saturated rings. The third kappa shape index (κ3) is 3.84. The first-order valence-electron chi connectivity index (χ1n) is 9.47. The van der Waals surface area contributed by atoms with Crippen molar-refractivity contribution in [1.82, 2.24) is 20.0 Å². The normalized spacial score (nSPS) is 10.9. The van der Waals surface area contributed by atoms with Crippen molar-refractivity contribution >= 4 is 16.8 Å². The average Bonchev–Trinajstić information content (AvgIpc) is 3.43. The number of para-hydroxylation sites is 1. The van der Waals surface area contributed by atoms with Gasteiger partial charge >= 0.3 is 0 Å². The maximum Gasteiger partial charge on any atom is 0.274 e. The van der Waals surface area contributed by atoms with Crippen LogP contribution in [-0.2, 0) is 6.42 Å². The zero-order valence-electron chi connectivity index (χ0n) is 17.0. The summed E-state index contributed by atoms with van der Waals surface area (Å²) < 4.78 is 15.9. The van der Waals surface area contributed by atoms with E-state index in [2.05, 4.69) is 15.1 Å². The highest BCUT2D eigenvalue weighted by molar-refractivity contribution is 5.96. The number of fused-ring (bicyclic) bond motifs is 1. The molecule has 2 heterocycles. The summed E-state index contributed by atoms with van der Waals surface area (Å²) in [7, 11) is 4.92. The number of benzene rings is 2. The number of methoxy groups -OCH3 is 2. The predicted octanol–water partition coefficient (Wildman–Crippen LogP) is 3.55. The van der Waals surface area contributed by atoms with Crippen LogP contribution in [0.25, 0.3) is 22.5 Å². The van der Waals surface area contributed by atoms with Gasteiger partial charge in [0.05, 0.1) is 19.8 Å². The molecule has 0 aliphatic heterocycles. The van der Waals surface area contributed by atoms with Crippen LogP contribution < -0.4 is 9.47 Å². The number of amides is 1. The van der Waals surface area contributed by atoms with Crippen molar-refractivity contribution in [2.45, 2.75) is 6.42 Å². The highest BCUT2D eigenvalue weighted by atomic mass is 16.5. The third-order valence-electron chi connectivity index (χ3n) is 4.88. The number of hydrogen-bond acceptors (Lipinski definition) is 6. The zero-order valence-corrected chi connectivity index (χ0v) is 17.0. The van der Waals surface area contributed by atoms with Crippen LogP contribution in [0.15, 0.2) is 53.1 Å². The van der Waals surface area contributed by atoms with E-state index < -0.39 is 0 Å². The van der Waals surface area contributed by atoms with Crippen molar-refractivity contribution in [2.24, 2.45) is 0 Å². The Morgan fingerprint density at radius 3 is 2.77 bits per heavy atom. The second kappa shape index (κ2) is 8.28. The zero-order chi connectivity index (χ0) is 21.1. The van der Waals surface area contributed by atoms with Crippen LogP contribution in [0.2, 0.25) is 0 Å². The highest BCUT2D eigenvalue weighted by Gasteiger charge is 2.17. The molecule has 0 radical (unpaired) electrons. The van der Waals surface area contributed by atoms with Crippen molar-refractivity contribution in [3.63, 3.8) is 0 Å². The SMILES string of the molecule is COc1ccc2cc(-c3nc(CCN(C)C(=O)c4ccccc4OC)no3)[nH]c2c1. The van der Waals surface area contributed by atoms with Crippen LogP contribution in [-0.4, -0.2) is 53.7 Å². The highest BCUT2D eigenvalue weighted by Crippen LogP contribution is 2.26. The summed E-state index contributed by atoms with van der Waals surface area (Å²) in [4.78, 5) is 22.0. The smallest absolute Gasteiger partial charge is 0.274 e. The second-order valence-electron chi connectivity index (χ2n) is 6.83. The van der Waals surface area contributed by atoms with E-state index >= 15 is 0 Å². The average molecular weight is 406 g/mol. The molecule has 154 valence electrons. The van der Waals surface area contributed by atoms with Gasteiger partial charge in [-0.25, -0.2) is 0 Å². The fraction of sp³-hybridized carbons (Fsp3) is 0.227. The van der Waals surface area contributed by atoms with E-state index in [0.717, 1.165) is 22.3 Å². The van der Waals surface area contributed by atoms with Gasteiger partial charge in [0.2, 0.25) is 0 Å². The number of aromatic amines is 1. The largest absolute Gasteiger partial charge is 0.497 e. The van der Waals surface area contributed by atoms with Gasteiger partial charge in [-0.1, -0.05) is 17.3 Å². The standard InChI is InChI=1S/C22H22N4O4/c1-26(22(27)16-6-4-5-7-19(16)29-3)11-10-20-24-21(30-25-20)18-12-14-8-9-15(28-2)13-17(14)23-18/h4-9,12-13,23H,10-11H2,1-3H3. The van der Waals surface area contributed by atoms with Crippen LogP contribution in [0.4, 0.5) is 0 Å². The summed E-state index contributed by atoms with van der Waals surface area (Å²) in [6.45, 7) is 0.444. The van der Waals surface area contributed by atoms with Crippen molar-refractivity contribution < 1.29 is 18.8 Å². The minimum absolute atomic E-state index is 0.124. The van der Waals surface area contributed by atoms with Gasteiger partial charge in [-0.2, -0.15) is 4.98 Å². The van der Waals surface area contributed by atoms with Gasteiger partial charge in [0.15, 0.2) is 5.82 Å². The Morgan fingerprint density at radius 2 is 1.97 bits per heavy atom. The molecule has 4 rings (SSSR count). The van der Waals surface area contributed by atoms with E-state index in [1.54, 1.807) is 38.3 Å². The number of hydrogen-bond donors (Lipinski definition) is 1. The van der Waals surface area contributed by atoms with Crippen LogP contribution in [0.5, 0.6) is 11.5 Å². The van der Waals surface area contributed by atoms with E-state index in [0.29, 0.717) is 36.0 Å². The summed E-state index contributed by atoms with van der Waals surface area (Å²) in [6.07, 6.45) is 0.467.